The van der Waals surface area contributed by atoms with Gasteiger partial charge in [0.1, 0.15) is 11.9 Å². The van der Waals surface area contributed by atoms with Gasteiger partial charge in [-0.1, -0.05) is 18.5 Å². The summed E-state index contributed by atoms with van der Waals surface area (Å²) >= 11 is 6.34. The summed E-state index contributed by atoms with van der Waals surface area (Å²) in [5.74, 6) is -1.81. The van der Waals surface area contributed by atoms with Crippen LogP contribution in [0.15, 0.2) is 18.3 Å². The van der Waals surface area contributed by atoms with Gasteiger partial charge in [-0.3, -0.25) is 4.68 Å². The first-order valence-corrected chi connectivity index (χ1v) is 10.4. The molecule has 1 aromatic carbocycles. The lowest BCUT2D eigenvalue weighted by atomic mass is 10.0. The molecule has 0 spiro atoms. The largest absolute Gasteiger partial charge is 0.490 e. The van der Waals surface area contributed by atoms with E-state index < -0.39 is 12.1 Å². The van der Waals surface area contributed by atoms with Crippen molar-refractivity contribution in [1.82, 2.24) is 15.1 Å². The van der Waals surface area contributed by atoms with Gasteiger partial charge in [0.25, 0.3) is 0 Å². The molecule has 6 nitrogen and oxygen atoms in total. The summed E-state index contributed by atoms with van der Waals surface area (Å²) in [6, 6.07) is 3.98. The number of benzene rings is 1. The molecule has 0 unspecified atom stereocenters. The Morgan fingerprint density at radius 1 is 1.29 bits per heavy atom. The maximum atomic E-state index is 10.6. The molecule has 0 saturated carbocycles. The Labute approximate surface area is 184 Å². The summed E-state index contributed by atoms with van der Waals surface area (Å²) in [5, 5.41) is 15.9. The molecule has 0 aliphatic carbocycles. The fraction of sp³-hybridized carbons (Fsp3) is 0.524. The highest BCUT2D eigenvalue weighted by molar-refractivity contribution is 6.31. The summed E-state index contributed by atoms with van der Waals surface area (Å²) < 4.78 is 40.2. The van der Waals surface area contributed by atoms with Crippen molar-refractivity contribution in [3.8, 4) is 16.9 Å². The topological polar surface area (TPSA) is 76.4 Å². The van der Waals surface area contributed by atoms with Gasteiger partial charge < -0.3 is 15.2 Å². The fourth-order valence-electron chi connectivity index (χ4n) is 3.29. The lowest BCUT2D eigenvalue weighted by Crippen LogP contribution is -2.34. The average Bonchev–Trinajstić information content (AvgIpc) is 3.05. The number of carbonyl (C=O) groups is 1. The summed E-state index contributed by atoms with van der Waals surface area (Å²) in [7, 11) is 0. The summed E-state index contributed by atoms with van der Waals surface area (Å²) in [5.41, 5.74) is 4.26. The van der Waals surface area contributed by atoms with E-state index >= 15 is 0 Å². The molecular weight excluding hydrogens is 435 g/mol. The second kappa shape index (κ2) is 10.9. The van der Waals surface area contributed by atoms with E-state index in [0.29, 0.717) is 0 Å². The zero-order valence-corrected chi connectivity index (χ0v) is 18.5. The Balaban J connectivity index is 0.000000423. The van der Waals surface area contributed by atoms with Gasteiger partial charge in [0.2, 0.25) is 0 Å². The van der Waals surface area contributed by atoms with Gasteiger partial charge in [0, 0.05) is 28.9 Å². The van der Waals surface area contributed by atoms with E-state index in [1.165, 1.54) is 0 Å². The Morgan fingerprint density at radius 3 is 2.45 bits per heavy atom. The minimum atomic E-state index is -5.08. The Kier molecular flexibility index (Phi) is 8.76. The number of carboxylic acid groups (broad SMARTS) is 1. The number of carboxylic acids is 1. The molecule has 1 saturated heterocycles. The van der Waals surface area contributed by atoms with E-state index in [9.17, 15) is 13.2 Å². The van der Waals surface area contributed by atoms with E-state index in [1.54, 1.807) is 0 Å². The van der Waals surface area contributed by atoms with Crippen LogP contribution in [-0.2, 0) is 11.3 Å². The van der Waals surface area contributed by atoms with E-state index in [2.05, 4.69) is 30.5 Å². The van der Waals surface area contributed by atoms with Gasteiger partial charge in [-0.15, -0.1) is 0 Å². The number of nitrogens with one attached hydrogen (secondary N) is 1. The predicted molar refractivity (Wildman–Crippen MR) is 113 cm³/mol. The molecule has 0 radical (unpaired) electrons. The summed E-state index contributed by atoms with van der Waals surface area (Å²) in [4.78, 5) is 8.90. The first kappa shape index (κ1) is 25.0. The van der Waals surface area contributed by atoms with Gasteiger partial charge in [-0.2, -0.15) is 18.3 Å². The van der Waals surface area contributed by atoms with Crippen LogP contribution in [0.5, 0.6) is 5.75 Å². The van der Waals surface area contributed by atoms with Crippen LogP contribution in [0.25, 0.3) is 11.1 Å². The number of aryl methyl sites for hydroxylation is 3. The van der Waals surface area contributed by atoms with Crippen LogP contribution in [-0.4, -0.2) is 46.2 Å². The monoisotopic (exact) mass is 461 g/mol. The first-order valence-electron chi connectivity index (χ1n) is 10.0. The highest BCUT2D eigenvalue weighted by Crippen LogP contribution is 2.38. The molecule has 2 heterocycles. The first-order chi connectivity index (χ1) is 14.5. The second-order valence-electron chi connectivity index (χ2n) is 7.36. The Morgan fingerprint density at radius 2 is 1.90 bits per heavy atom. The number of piperidine rings is 1. The van der Waals surface area contributed by atoms with Crippen LogP contribution in [0.3, 0.4) is 0 Å². The number of rotatable bonds is 5. The second-order valence-corrected chi connectivity index (χ2v) is 7.80. The van der Waals surface area contributed by atoms with Crippen LogP contribution in [0.1, 0.15) is 37.4 Å². The standard InChI is InChI=1S/C19H26ClN3O.C2HF3O2/c1-4-9-23-12-18(14(3)22-23)17-11-15(20)10-13(2)19(17)24-16-5-7-21-8-6-16;3-2(4,5)1(6)7/h10-12,16,21H,4-9H2,1-3H3;(H,6,7). The quantitative estimate of drug-likeness (QED) is 0.655. The molecule has 0 amide bonds. The molecule has 10 heteroatoms. The zero-order chi connectivity index (χ0) is 23.2. The van der Waals surface area contributed by atoms with E-state index in [0.717, 1.165) is 72.1 Å². The lowest BCUT2D eigenvalue weighted by molar-refractivity contribution is -0.192. The number of alkyl halides is 3. The van der Waals surface area contributed by atoms with Gasteiger partial charge in [0.05, 0.1) is 5.69 Å². The van der Waals surface area contributed by atoms with Crippen molar-refractivity contribution in [2.45, 2.75) is 58.9 Å². The van der Waals surface area contributed by atoms with Crippen molar-refractivity contribution >= 4 is 17.6 Å². The van der Waals surface area contributed by atoms with Crippen LogP contribution in [0.4, 0.5) is 13.2 Å². The maximum absolute atomic E-state index is 10.6. The number of hydrogen-bond donors (Lipinski definition) is 2. The van der Waals surface area contributed by atoms with E-state index in [-0.39, 0.29) is 6.10 Å². The molecule has 1 fully saturated rings. The third-order valence-corrected chi connectivity index (χ3v) is 4.96. The van der Waals surface area contributed by atoms with Crippen molar-refractivity contribution in [2.75, 3.05) is 13.1 Å². The molecule has 2 N–H and O–H groups in total. The fourth-order valence-corrected chi connectivity index (χ4v) is 3.57. The molecule has 31 heavy (non-hydrogen) atoms. The van der Waals surface area contributed by atoms with Gasteiger partial charge in [-0.25, -0.2) is 4.79 Å². The summed E-state index contributed by atoms with van der Waals surface area (Å²) in [6.45, 7) is 9.22. The minimum absolute atomic E-state index is 0.260. The maximum Gasteiger partial charge on any atom is 0.490 e. The molecule has 0 bridgehead atoms. The third kappa shape index (κ3) is 7.14. The molecular formula is C21H27ClF3N3O3. The molecule has 1 aliphatic rings. The third-order valence-electron chi connectivity index (χ3n) is 4.74. The van der Waals surface area contributed by atoms with Gasteiger partial charge in [0.15, 0.2) is 0 Å². The smallest absolute Gasteiger partial charge is 0.489 e. The SMILES string of the molecule is CCCn1cc(-c2cc(Cl)cc(C)c2OC2CCNCC2)c(C)n1.O=C(O)C(F)(F)F. The van der Waals surface area contributed by atoms with Gasteiger partial charge >= 0.3 is 12.1 Å². The molecule has 0 atom stereocenters. The van der Waals surface area contributed by atoms with Crippen molar-refractivity contribution < 1.29 is 27.8 Å². The highest BCUT2D eigenvalue weighted by Gasteiger charge is 2.38. The van der Waals surface area contributed by atoms with E-state index in [1.807, 2.05) is 23.7 Å². The lowest BCUT2D eigenvalue weighted by Gasteiger charge is -2.26. The molecule has 172 valence electrons. The molecule has 3 rings (SSSR count). The number of aliphatic carboxylic acids is 1. The van der Waals surface area contributed by atoms with Crippen molar-refractivity contribution in [2.24, 2.45) is 0 Å². The minimum Gasteiger partial charge on any atom is -0.489 e. The van der Waals surface area contributed by atoms with Crippen molar-refractivity contribution in [3.63, 3.8) is 0 Å². The normalized spacial score (nSPS) is 14.7. The number of ether oxygens (including phenoxy) is 1. The predicted octanol–water partition coefficient (Wildman–Crippen LogP) is 4.99. The molecule has 1 aliphatic heterocycles. The van der Waals surface area contributed by atoms with Crippen LogP contribution >= 0.6 is 11.6 Å². The van der Waals surface area contributed by atoms with Crippen molar-refractivity contribution in [3.05, 3.63) is 34.6 Å². The number of aromatic nitrogens is 2. The molecule has 2 aromatic rings. The number of hydrogen-bond acceptors (Lipinski definition) is 4. The van der Waals surface area contributed by atoms with Crippen LogP contribution in [0, 0.1) is 13.8 Å². The van der Waals surface area contributed by atoms with Crippen LogP contribution < -0.4 is 10.1 Å². The highest BCUT2D eigenvalue weighted by atomic mass is 35.5. The number of halogens is 4. The van der Waals surface area contributed by atoms with E-state index in [4.69, 9.17) is 26.2 Å². The van der Waals surface area contributed by atoms with Crippen LogP contribution in [0.2, 0.25) is 5.02 Å². The van der Waals surface area contributed by atoms with Crippen molar-refractivity contribution in [1.29, 1.82) is 0 Å². The zero-order valence-electron chi connectivity index (χ0n) is 17.7. The Hall–Kier alpha value is -2.26. The average molecular weight is 462 g/mol. The summed E-state index contributed by atoms with van der Waals surface area (Å²) in [6.07, 6.45) is 0.425. The number of nitrogens with zero attached hydrogens (tertiary/aromatic N) is 2. The van der Waals surface area contributed by atoms with Gasteiger partial charge in [-0.05, 0) is 63.9 Å². The molecule has 1 aromatic heterocycles. The Bertz CT molecular complexity index is 894.